The second-order valence-electron chi connectivity index (χ2n) is 5.43. The summed E-state index contributed by atoms with van der Waals surface area (Å²) in [5.74, 6) is -0.448. The lowest BCUT2D eigenvalue weighted by molar-refractivity contribution is 0.0943. The van der Waals surface area contributed by atoms with Gasteiger partial charge in [0, 0.05) is 47.1 Å². The molecule has 0 saturated heterocycles. The van der Waals surface area contributed by atoms with Crippen molar-refractivity contribution in [1.82, 2.24) is 14.8 Å². The molecule has 0 radical (unpaired) electrons. The Bertz CT molecular complexity index is 900. The van der Waals surface area contributed by atoms with Crippen LogP contribution < -0.4 is 5.73 Å². The molecule has 0 saturated carbocycles. The van der Waals surface area contributed by atoms with Crippen molar-refractivity contribution in [1.29, 1.82) is 0 Å². The molecular weight excluding hydrogens is 280 g/mol. The van der Waals surface area contributed by atoms with Crippen LogP contribution in [0.1, 0.15) is 33.2 Å². The van der Waals surface area contributed by atoms with Gasteiger partial charge in [-0.1, -0.05) is 0 Å². The first-order valence-electron chi connectivity index (χ1n) is 6.95. The van der Waals surface area contributed by atoms with Gasteiger partial charge in [-0.25, -0.2) is 0 Å². The van der Waals surface area contributed by atoms with Crippen LogP contribution >= 0.6 is 0 Å². The molecule has 3 heterocycles. The standard InChI is InChI=1S/C16H14N4O2/c1-20-7-10(6-19-20)15-14-11(8-22-15)5-18-13-3-2-9(16(17)21)4-12(13)14/h2-7,15H,8H2,1H3,(H2,17,21). The average molecular weight is 294 g/mol. The number of hydrogen-bond donors (Lipinski definition) is 1. The van der Waals surface area contributed by atoms with Crippen LogP contribution in [-0.2, 0) is 18.4 Å². The highest BCUT2D eigenvalue weighted by Crippen LogP contribution is 2.39. The molecule has 110 valence electrons. The van der Waals surface area contributed by atoms with Gasteiger partial charge in [-0.2, -0.15) is 5.10 Å². The second-order valence-corrected chi connectivity index (χ2v) is 5.43. The zero-order valence-corrected chi connectivity index (χ0v) is 12.0. The maximum Gasteiger partial charge on any atom is 0.248 e. The Morgan fingerprint density at radius 2 is 2.27 bits per heavy atom. The smallest absolute Gasteiger partial charge is 0.248 e. The van der Waals surface area contributed by atoms with Crippen molar-refractivity contribution in [2.75, 3.05) is 0 Å². The Hall–Kier alpha value is -2.73. The van der Waals surface area contributed by atoms with Crippen molar-refractivity contribution in [3.05, 3.63) is 59.0 Å². The Balaban J connectivity index is 1.95. The SMILES string of the molecule is Cn1cc(C2OCc3cnc4ccc(C(N)=O)cc4c32)cn1. The molecule has 22 heavy (non-hydrogen) atoms. The number of nitrogens with two attached hydrogens (primary N) is 1. The number of benzene rings is 1. The molecule has 3 aromatic rings. The van der Waals surface area contributed by atoms with Gasteiger partial charge in [0.25, 0.3) is 0 Å². The molecule has 1 aromatic carbocycles. The minimum Gasteiger partial charge on any atom is -0.366 e. The number of carbonyl (C=O) groups is 1. The van der Waals surface area contributed by atoms with Gasteiger partial charge in [-0.05, 0) is 18.2 Å². The van der Waals surface area contributed by atoms with Crippen LogP contribution in [0.3, 0.4) is 0 Å². The van der Waals surface area contributed by atoms with Gasteiger partial charge in [-0.3, -0.25) is 14.5 Å². The number of nitrogens with zero attached hydrogens (tertiary/aromatic N) is 3. The first-order valence-corrected chi connectivity index (χ1v) is 6.95. The number of pyridine rings is 1. The summed E-state index contributed by atoms with van der Waals surface area (Å²) in [4.78, 5) is 15.9. The number of fused-ring (bicyclic) bond motifs is 3. The van der Waals surface area contributed by atoms with Gasteiger partial charge in [0.1, 0.15) is 6.10 Å². The number of hydrogen-bond acceptors (Lipinski definition) is 4. The summed E-state index contributed by atoms with van der Waals surface area (Å²) in [6.45, 7) is 0.499. The number of carbonyl (C=O) groups excluding carboxylic acids is 1. The van der Waals surface area contributed by atoms with Crippen molar-refractivity contribution in [2.24, 2.45) is 12.8 Å². The first kappa shape index (κ1) is 13.0. The number of aryl methyl sites for hydroxylation is 1. The minimum atomic E-state index is -0.448. The van der Waals surface area contributed by atoms with Crippen molar-refractivity contribution in [3.63, 3.8) is 0 Å². The Morgan fingerprint density at radius 3 is 3.00 bits per heavy atom. The normalized spacial score (nSPS) is 16.9. The predicted molar refractivity (Wildman–Crippen MR) is 80.1 cm³/mol. The third-order valence-electron chi connectivity index (χ3n) is 3.97. The molecule has 0 bridgehead atoms. The van der Waals surface area contributed by atoms with Crippen molar-refractivity contribution >= 4 is 16.8 Å². The summed E-state index contributed by atoms with van der Waals surface area (Å²) in [7, 11) is 1.87. The number of primary amides is 1. The third kappa shape index (κ3) is 1.88. The molecule has 4 rings (SSSR count). The molecule has 1 aliphatic heterocycles. The molecule has 6 heteroatoms. The summed E-state index contributed by atoms with van der Waals surface area (Å²) < 4.78 is 7.67. The van der Waals surface area contributed by atoms with Crippen LogP contribution in [0.2, 0.25) is 0 Å². The van der Waals surface area contributed by atoms with Gasteiger partial charge in [0.15, 0.2) is 0 Å². The molecule has 2 aromatic heterocycles. The predicted octanol–water partition coefficient (Wildman–Crippen LogP) is 1.69. The van der Waals surface area contributed by atoms with Crippen molar-refractivity contribution in [2.45, 2.75) is 12.7 Å². The highest BCUT2D eigenvalue weighted by atomic mass is 16.5. The number of rotatable bonds is 2. The van der Waals surface area contributed by atoms with Gasteiger partial charge < -0.3 is 10.5 Å². The van der Waals surface area contributed by atoms with Gasteiger partial charge >= 0.3 is 0 Å². The van der Waals surface area contributed by atoms with E-state index in [9.17, 15) is 4.79 Å². The average Bonchev–Trinajstić information content (AvgIpc) is 3.12. The van der Waals surface area contributed by atoms with Gasteiger partial charge in [0.05, 0.1) is 18.3 Å². The number of ether oxygens (including phenoxy) is 1. The highest BCUT2D eigenvalue weighted by Gasteiger charge is 2.28. The monoisotopic (exact) mass is 294 g/mol. The molecule has 0 aliphatic carbocycles. The van der Waals surface area contributed by atoms with E-state index in [1.54, 1.807) is 23.0 Å². The van der Waals surface area contributed by atoms with Gasteiger partial charge in [-0.15, -0.1) is 0 Å². The van der Waals surface area contributed by atoms with Crippen LogP contribution in [0.5, 0.6) is 0 Å². The molecule has 2 N–H and O–H groups in total. The van der Waals surface area contributed by atoms with Gasteiger partial charge in [0.2, 0.25) is 5.91 Å². The molecule has 1 unspecified atom stereocenters. The summed E-state index contributed by atoms with van der Waals surface area (Å²) in [6.07, 6.45) is 5.36. The molecule has 0 fully saturated rings. The van der Waals surface area contributed by atoms with Crippen LogP contribution in [0, 0.1) is 0 Å². The lowest BCUT2D eigenvalue weighted by Crippen LogP contribution is -2.11. The fourth-order valence-electron chi connectivity index (χ4n) is 2.93. The van der Waals surface area contributed by atoms with Crippen LogP contribution in [0.15, 0.2) is 36.8 Å². The molecular formula is C16H14N4O2. The molecule has 1 atom stereocenters. The zero-order chi connectivity index (χ0) is 15.3. The topological polar surface area (TPSA) is 83.0 Å². The Kier molecular flexibility index (Phi) is 2.74. The van der Waals surface area contributed by atoms with E-state index >= 15 is 0 Å². The molecule has 1 amide bonds. The summed E-state index contributed by atoms with van der Waals surface area (Å²) in [5.41, 5.74) is 9.75. The van der Waals surface area contributed by atoms with E-state index in [-0.39, 0.29) is 6.10 Å². The maximum absolute atomic E-state index is 11.5. The largest absolute Gasteiger partial charge is 0.366 e. The first-order chi connectivity index (χ1) is 10.6. The quantitative estimate of drug-likeness (QED) is 0.779. The van der Waals surface area contributed by atoms with Crippen LogP contribution in [0.25, 0.3) is 10.9 Å². The minimum absolute atomic E-state index is 0.197. The molecule has 1 aliphatic rings. The Labute approximate surface area is 126 Å². The zero-order valence-electron chi connectivity index (χ0n) is 12.0. The fourth-order valence-corrected chi connectivity index (χ4v) is 2.93. The third-order valence-corrected chi connectivity index (χ3v) is 3.97. The van der Waals surface area contributed by atoms with E-state index < -0.39 is 5.91 Å². The maximum atomic E-state index is 11.5. The van der Waals surface area contributed by atoms with E-state index in [1.165, 1.54) is 0 Å². The highest BCUT2D eigenvalue weighted by molar-refractivity contribution is 5.98. The Morgan fingerprint density at radius 1 is 1.41 bits per heavy atom. The van der Waals surface area contributed by atoms with E-state index in [0.29, 0.717) is 12.2 Å². The van der Waals surface area contributed by atoms with E-state index in [4.69, 9.17) is 10.5 Å². The summed E-state index contributed by atoms with van der Waals surface area (Å²) >= 11 is 0. The lowest BCUT2D eigenvalue weighted by Gasteiger charge is -2.12. The summed E-state index contributed by atoms with van der Waals surface area (Å²) in [6, 6.07) is 5.30. The molecule has 6 nitrogen and oxygen atoms in total. The van der Waals surface area contributed by atoms with Crippen LogP contribution in [-0.4, -0.2) is 20.7 Å². The number of aromatic nitrogens is 3. The van der Waals surface area contributed by atoms with E-state index in [2.05, 4.69) is 10.1 Å². The lowest BCUT2D eigenvalue weighted by atomic mass is 9.96. The van der Waals surface area contributed by atoms with Crippen molar-refractivity contribution < 1.29 is 9.53 Å². The van der Waals surface area contributed by atoms with E-state index in [1.807, 2.05) is 25.5 Å². The molecule has 0 spiro atoms. The fraction of sp³-hybridized carbons (Fsp3) is 0.188. The summed E-state index contributed by atoms with van der Waals surface area (Å²) in [5, 5.41) is 5.11. The number of amides is 1. The van der Waals surface area contributed by atoms with Crippen LogP contribution in [0.4, 0.5) is 0 Å². The van der Waals surface area contributed by atoms with E-state index in [0.717, 1.165) is 27.6 Å². The van der Waals surface area contributed by atoms with Crippen molar-refractivity contribution in [3.8, 4) is 0 Å². The second kappa shape index (κ2) is 4.64.